The van der Waals surface area contributed by atoms with Crippen LogP contribution in [0.25, 0.3) is 0 Å². The molecule has 0 aromatic heterocycles. The van der Waals surface area contributed by atoms with E-state index in [2.05, 4.69) is 5.32 Å². The van der Waals surface area contributed by atoms with Gasteiger partial charge in [0.15, 0.2) is 0 Å². The number of fused-ring (bicyclic) bond motifs is 1. The molecule has 7 heteroatoms. The second-order valence-electron chi connectivity index (χ2n) is 7.69. The van der Waals surface area contributed by atoms with E-state index in [0.717, 1.165) is 23.3 Å². The van der Waals surface area contributed by atoms with Gasteiger partial charge in [0.05, 0.1) is 31.6 Å². The first-order valence-corrected chi connectivity index (χ1v) is 10.3. The maximum atomic E-state index is 13.1. The molecule has 1 saturated heterocycles. The zero-order chi connectivity index (χ0) is 21.1. The molecule has 1 atom stereocenters. The SMILES string of the molecule is COc1ccc(N)c2c1CCC(C(=O)Nc1ccccc1C(=O)N1CCOCC1)C2. The fourth-order valence-corrected chi connectivity index (χ4v) is 4.24. The minimum atomic E-state index is -0.210. The van der Waals surface area contributed by atoms with Crippen LogP contribution in [0, 0.1) is 5.92 Å². The molecule has 1 unspecified atom stereocenters. The second-order valence-corrected chi connectivity index (χ2v) is 7.69. The molecule has 1 fully saturated rings. The first-order valence-electron chi connectivity index (χ1n) is 10.3. The van der Waals surface area contributed by atoms with Gasteiger partial charge in [-0.15, -0.1) is 0 Å². The molecule has 0 saturated carbocycles. The van der Waals surface area contributed by atoms with Gasteiger partial charge in [0, 0.05) is 24.7 Å². The number of nitrogens with two attached hydrogens (primary N) is 1. The molecule has 4 rings (SSSR count). The summed E-state index contributed by atoms with van der Waals surface area (Å²) in [6.07, 6.45) is 2.00. The van der Waals surface area contributed by atoms with Gasteiger partial charge in [-0.2, -0.15) is 0 Å². The number of nitrogen functional groups attached to an aromatic ring is 1. The van der Waals surface area contributed by atoms with Crippen LogP contribution in [-0.2, 0) is 22.4 Å². The molecule has 0 bridgehead atoms. The van der Waals surface area contributed by atoms with E-state index in [1.54, 1.807) is 24.1 Å². The van der Waals surface area contributed by atoms with Gasteiger partial charge in [0.25, 0.3) is 5.91 Å². The molecule has 2 amide bonds. The summed E-state index contributed by atoms with van der Waals surface area (Å²) in [6, 6.07) is 10.9. The van der Waals surface area contributed by atoms with Crippen molar-refractivity contribution in [3.63, 3.8) is 0 Å². The van der Waals surface area contributed by atoms with Gasteiger partial charge in [-0.25, -0.2) is 0 Å². The lowest BCUT2D eigenvalue weighted by Crippen LogP contribution is -2.41. The number of methoxy groups -OCH3 is 1. The van der Waals surface area contributed by atoms with Crippen molar-refractivity contribution in [1.82, 2.24) is 4.90 Å². The molecule has 7 nitrogen and oxygen atoms in total. The molecule has 0 radical (unpaired) electrons. The third kappa shape index (κ3) is 3.98. The number of morpholine rings is 1. The third-order valence-electron chi connectivity index (χ3n) is 5.92. The fourth-order valence-electron chi connectivity index (χ4n) is 4.24. The number of ether oxygens (including phenoxy) is 2. The first kappa shape index (κ1) is 20.2. The molecule has 158 valence electrons. The predicted octanol–water partition coefficient (Wildman–Crippen LogP) is 2.49. The molecule has 1 aliphatic carbocycles. The van der Waals surface area contributed by atoms with Crippen molar-refractivity contribution in [2.45, 2.75) is 19.3 Å². The number of rotatable bonds is 4. The smallest absolute Gasteiger partial charge is 0.256 e. The van der Waals surface area contributed by atoms with E-state index >= 15 is 0 Å². The first-order chi connectivity index (χ1) is 14.6. The van der Waals surface area contributed by atoms with Crippen molar-refractivity contribution in [2.24, 2.45) is 5.92 Å². The summed E-state index contributed by atoms with van der Waals surface area (Å²) in [5.74, 6) is 0.431. The number of hydrogen-bond acceptors (Lipinski definition) is 5. The molecule has 30 heavy (non-hydrogen) atoms. The van der Waals surface area contributed by atoms with Crippen LogP contribution in [0.2, 0.25) is 0 Å². The van der Waals surface area contributed by atoms with Crippen molar-refractivity contribution in [3.05, 3.63) is 53.1 Å². The molecular formula is C23H27N3O4. The van der Waals surface area contributed by atoms with E-state index in [1.807, 2.05) is 24.3 Å². The van der Waals surface area contributed by atoms with E-state index in [0.29, 0.717) is 56.1 Å². The quantitative estimate of drug-likeness (QED) is 0.757. The molecule has 2 aromatic carbocycles. The maximum absolute atomic E-state index is 13.1. The summed E-state index contributed by atoms with van der Waals surface area (Å²) in [4.78, 5) is 27.8. The van der Waals surface area contributed by atoms with Crippen LogP contribution in [0.4, 0.5) is 11.4 Å². The van der Waals surface area contributed by atoms with Crippen molar-refractivity contribution >= 4 is 23.2 Å². The van der Waals surface area contributed by atoms with Crippen molar-refractivity contribution < 1.29 is 19.1 Å². The number of para-hydroxylation sites is 1. The summed E-state index contributed by atoms with van der Waals surface area (Å²) in [7, 11) is 1.65. The Morgan fingerprint density at radius 3 is 2.67 bits per heavy atom. The number of nitrogens with zero attached hydrogens (tertiary/aromatic N) is 1. The largest absolute Gasteiger partial charge is 0.496 e. The highest BCUT2D eigenvalue weighted by Crippen LogP contribution is 2.36. The van der Waals surface area contributed by atoms with Gasteiger partial charge in [-0.1, -0.05) is 12.1 Å². The van der Waals surface area contributed by atoms with Crippen LogP contribution < -0.4 is 15.8 Å². The van der Waals surface area contributed by atoms with Crippen molar-refractivity contribution in [2.75, 3.05) is 44.5 Å². The summed E-state index contributed by atoms with van der Waals surface area (Å²) in [5, 5.41) is 2.99. The Kier molecular flexibility index (Phi) is 5.90. The van der Waals surface area contributed by atoms with Gasteiger partial charge in [-0.05, 0) is 54.7 Å². The molecule has 1 aliphatic heterocycles. The Labute approximate surface area is 176 Å². The highest BCUT2D eigenvalue weighted by Gasteiger charge is 2.29. The third-order valence-corrected chi connectivity index (χ3v) is 5.92. The zero-order valence-electron chi connectivity index (χ0n) is 17.1. The fraction of sp³-hybridized carbons (Fsp3) is 0.391. The predicted molar refractivity (Wildman–Crippen MR) is 115 cm³/mol. The average Bonchev–Trinajstić information content (AvgIpc) is 2.79. The summed E-state index contributed by atoms with van der Waals surface area (Å²) >= 11 is 0. The highest BCUT2D eigenvalue weighted by molar-refractivity contribution is 6.04. The second kappa shape index (κ2) is 8.75. The highest BCUT2D eigenvalue weighted by atomic mass is 16.5. The summed E-state index contributed by atoms with van der Waals surface area (Å²) < 4.78 is 10.8. The minimum absolute atomic E-state index is 0.0860. The van der Waals surface area contributed by atoms with Crippen LogP contribution in [0.15, 0.2) is 36.4 Å². The Bertz CT molecular complexity index is 953. The normalized spacial score (nSPS) is 18.4. The van der Waals surface area contributed by atoms with Crippen LogP contribution in [0.5, 0.6) is 5.75 Å². The maximum Gasteiger partial charge on any atom is 0.256 e. The van der Waals surface area contributed by atoms with Crippen molar-refractivity contribution in [3.8, 4) is 5.75 Å². The molecular weight excluding hydrogens is 382 g/mol. The standard InChI is InChI=1S/C23H27N3O4/c1-29-21-9-8-19(24)18-14-15(6-7-16(18)21)22(27)25-20-5-3-2-4-17(20)23(28)26-10-12-30-13-11-26/h2-5,8-9,15H,6-7,10-14,24H2,1H3,(H,25,27). The summed E-state index contributed by atoms with van der Waals surface area (Å²) in [6.45, 7) is 2.18. The Hall–Kier alpha value is -3.06. The van der Waals surface area contributed by atoms with E-state index in [-0.39, 0.29) is 17.7 Å². The van der Waals surface area contributed by atoms with E-state index in [9.17, 15) is 9.59 Å². The lowest BCUT2D eigenvalue weighted by Gasteiger charge is -2.28. The lowest BCUT2D eigenvalue weighted by molar-refractivity contribution is -0.120. The number of carbonyl (C=O) groups is 2. The van der Waals surface area contributed by atoms with Crippen LogP contribution >= 0.6 is 0 Å². The van der Waals surface area contributed by atoms with Gasteiger partial charge in [-0.3, -0.25) is 9.59 Å². The number of nitrogens with one attached hydrogen (secondary N) is 1. The number of amides is 2. The van der Waals surface area contributed by atoms with E-state index < -0.39 is 0 Å². The average molecular weight is 409 g/mol. The topological polar surface area (TPSA) is 93.9 Å². The molecule has 2 aliphatic rings. The van der Waals surface area contributed by atoms with Crippen LogP contribution in [-0.4, -0.2) is 50.1 Å². The van der Waals surface area contributed by atoms with Crippen LogP contribution in [0.1, 0.15) is 27.9 Å². The Morgan fingerprint density at radius 2 is 1.90 bits per heavy atom. The number of benzene rings is 2. The zero-order valence-corrected chi connectivity index (χ0v) is 17.1. The van der Waals surface area contributed by atoms with Crippen LogP contribution in [0.3, 0.4) is 0 Å². The Balaban J connectivity index is 1.51. The summed E-state index contributed by atoms with van der Waals surface area (Å²) in [5.41, 5.74) is 9.99. The number of carbonyl (C=O) groups excluding carboxylic acids is 2. The minimum Gasteiger partial charge on any atom is -0.496 e. The number of anilines is 2. The van der Waals surface area contributed by atoms with Gasteiger partial charge in [0.1, 0.15) is 5.75 Å². The Morgan fingerprint density at radius 1 is 1.13 bits per heavy atom. The van der Waals surface area contributed by atoms with Gasteiger partial charge < -0.3 is 25.4 Å². The molecule has 1 heterocycles. The van der Waals surface area contributed by atoms with Gasteiger partial charge >= 0.3 is 0 Å². The van der Waals surface area contributed by atoms with E-state index in [4.69, 9.17) is 15.2 Å². The molecule has 0 spiro atoms. The van der Waals surface area contributed by atoms with Gasteiger partial charge in [0.2, 0.25) is 5.91 Å². The van der Waals surface area contributed by atoms with Crippen molar-refractivity contribution in [1.29, 1.82) is 0 Å². The molecule has 2 aromatic rings. The number of hydrogen-bond donors (Lipinski definition) is 2. The lowest BCUT2D eigenvalue weighted by atomic mass is 9.82. The van der Waals surface area contributed by atoms with E-state index in [1.165, 1.54) is 0 Å². The monoisotopic (exact) mass is 409 g/mol. The molecule has 3 N–H and O–H groups in total.